The second kappa shape index (κ2) is 6.92. The van der Waals surface area contributed by atoms with Gasteiger partial charge in [-0.15, -0.1) is 0 Å². The number of likely N-dealkylation sites (tertiary alicyclic amines) is 1. The summed E-state index contributed by atoms with van der Waals surface area (Å²) in [4.78, 5) is 2.63. The molecule has 3 heteroatoms. The molecular weight excluding hydrogens is 284 g/mol. The summed E-state index contributed by atoms with van der Waals surface area (Å²) in [5, 5.41) is 14.1. The van der Waals surface area contributed by atoms with Crippen molar-refractivity contribution >= 4 is 0 Å². The zero-order chi connectivity index (χ0) is 15.6. The normalized spacial score (nSPS) is 37.9. The summed E-state index contributed by atoms with van der Waals surface area (Å²) in [6.45, 7) is 3.57. The Labute approximate surface area is 140 Å². The van der Waals surface area contributed by atoms with Crippen LogP contribution in [0.2, 0.25) is 0 Å². The van der Waals surface area contributed by atoms with Crippen molar-refractivity contribution < 1.29 is 5.11 Å². The van der Waals surface area contributed by atoms with E-state index in [1.54, 1.807) is 0 Å². The second-order valence-corrected chi connectivity index (χ2v) is 7.91. The van der Waals surface area contributed by atoms with E-state index in [0.29, 0.717) is 12.1 Å². The quantitative estimate of drug-likeness (QED) is 0.897. The van der Waals surface area contributed by atoms with E-state index in [2.05, 4.69) is 40.5 Å². The molecule has 0 radical (unpaired) electrons. The molecule has 1 aromatic rings. The molecule has 4 rings (SSSR count). The van der Waals surface area contributed by atoms with Gasteiger partial charge in [-0.25, -0.2) is 0 Å². The molecule has 2 N–H and O–H groups in total. The SMILES string of the molecule is OC1CCCCC1NC1CCC2CN(Cc3ccccc3)CC21. The molecule has 0 amide bonds. The van der Waals surface area contributed by atoms with Gasteiger partial charge in [0, 0.05) is 31.7 Å². The van der Waals surface area contributed by atoms with E-state index in [0.717, 1.165) is 31.2 Å². The van der Waals surface area contributed by atoms with Gasteiger partial charge >= 0.3 is 0 Å². The van der Waals surface area contributed by atoms with E-state index < -0.39 is 0 Å². The lowest BCUT2D eigenvalue weighted by atomic mass is 9.90. The van der Waals surface area contributed by atoms with Crippen molar-refractivity contribution in [2.45, 2.75) is 63.3 Å². The lowest BCUT2D eigenvalue weighted by molar-refractivity contribution is 0.0810. The van der Waals surface area contributed by atoms with Crippen LogP contribution in [0.15, 0.2) is 30.3 Å². The Hall–Kier alpha value is -0.900. The summed E-state index contributed by atoms with van der Waals surface area (Å²) >= 11 is 0. The van der Waals surface area contributed by atoms with Gasteiger partial charge in [0.05, 0.1) is 6.10 Å². The number of benzene rings is 1. The third-order valence-corrected chi connectivity index (χ3v) is 6.34. The number of aliphatic hydroxyl groups excluding tert-OH is 1. The molecular formula is C20H30N2O. The minimum absolute atomic E-state index is 0.121. The third kappa shape index (κ3) is 3.47. The van der Waals surface area contributed by atoms with Crippen LogP contribution in [-0.4, -0.2) is 41.3 Å². The van der Waals surface area contributed by atoms with E-state index in [-0.39, 0.29) is 6.10 Å². The Bertz CT molecular complexity index is 506. The van der Waals surface area contributed by atoms with E-state index in [1.165, 1.54) is 44.3 Å². The molecule has 0 aromatic heterocycles. The van der Waals surface area contributed by atoms with Crippen molar-refractivity contribution in [3.8, 4) is 0 Å². The van der Waals surface area contributed by atoms with Crippen molar-refractivity contribution in [2.24, 2.45) is 11.8 Å². The van der Waals surface area contributed by atoms with Crippen molar-refractivity contribution in [3.05, 3.63) is 35.9 Å². The van der Waals surface area contributed by atoms with Gasteiger partial charge in [-0.3, -0.25) is 4.90 Å². The first-order chi connectivity index (χ1) is 11.3. The van der Waals surface area contributed by atoms with Crippen molar-refractivity contribution in [1.29, 1.82) is 0 Å². The molecule has 0 spiro atoms. The zero-order valence-corrected chi connectivity index (χ0v) is 14.0. The second-order valence-electron chi connectivity index (χ2n) is 7.91. The summed E-state index contributed by atoms with van der Waals surface area (Å²) in [6, 6.07) is 11.8. The van der Waals surface area contributed by atoms with Crippen LogP contribution in [0.4, 0.5) is 0 Å². The number of nitrogens with one attached hydrogen (secondary N) is 1. The standard InChI is InChI=1S/C20H30N2O/c23-20-9-5-4-8-19(20)21-18-11-10-16-13-22(14-17(16)18)12-15-6-2-1-3-7-15/h1-3,6-7,16-21,23H,4-5,8-14H2. The summed E-state index contributed by atoms with van der Waals surface area (Å²) in [5.41, 5.74) is 1.43. The van der Waals surface area contributed by atoms with Crippen molar-refractivity contribution in [3.63, 3.8) is 0 Å². The van der Waals surface area contributed by atoms with Crippen molar-refractivity contribution in [2.75, 3.05) is 13.1 Å². The maximum absolute atomic E-state index is 10.2. The number of nitrogens with zero attached hydrogens (tertiary/aromatic N) is 1. The number of hydrogen-bond acceptors (Lipinski definition) is 3. The summed E-state index contributed by atoms with van der Waals surface area (Å²) in [6.07, 6.45) is 7.15. The average molecular weight is 314 g/mol. The van der Waals surface area contributed by atoms with Gasteiger partial charge in [-0.2, -0.15) is 0 Å². The molecule has 2 aliphatic carbocycles. The van der Waals surface area contributed by atoms with Gasteiger partial charge in [-0.1, -0.05) is 43.2 Å². The van der Waals surface area contributed by atoms with E-state index in [9.17, 15) is 5.11 Å². The van der Waals surface area contributed by atoms with Gasteiger partial charge in [0.1, 0.15) is 0 Å². The molecule has 3 aliphatic rings. The highest BCUT2D eigenvalue weighted by Crippen LogP contribution is 2.39. The van der Waals surface area contributed by atoms with Gasteiger partial charge in [0.15, 0.2) is 0 Å². The van der Waals surface area contributed by atoms with Crippen LogP contribution < -0.4 is 5.32 Å². The lowest BCUT2D eigenvalue weighted by Crippen LogP contribution is -2.49. The monoisotopic (exact) mass is 314 g/mol. The molecule has 1 aliphatic heterocycles. The minimum atomic E-state index is -0.121. The molecule has 126 valence electrons. The predicted octanol–water partition coefficient (Wildman–Crippen LogP) is 2.79. The molecule has 1 saturated heterocycles. The average Bonchev–Trinajstić information content (AvgIpc) is 3.12. The van der Waals surface area contributed by atoms with Crippen LogP contribution in [0.1, 0.15) is 44.1 Å². The van der Waals surface area contributed by atoms with Crippen LogP contribution in [0.3, 0.4) is 0 Å². The van der Waals surface area contributed by atoms with Crippen LogP contribution in [0.25, 0.3) is 0 Å². The molecule has 3 fully saturated rings. The Balaban J connectivity index is 1.34. The first-order valence-corrected chi connectivity index (χ1v) is 9.50. The van der Waals surface area contributed by atoms with Gasteiger partial charge < -0.3 is 10.4 Å². The molecule has 3 nitrogen and oxygen atoms in total. The van der Waals surface area contributed by atoms with Crippen LogP contribution in [0.5, 0.6) is 0 Å². The minimum Gasteiger partial charge on any atom is -0.392 e. The van der Waals surface area contributed by atoms with Crippen LogP contribution in [0, 0.1) is 11.8 Å². The molecule has 5 unspecified atom stereocenters. The Morgan fingerprint density at radius 2 is 1.78 bits per heavy atom. The fourth-order valence-electron chi connectivity index (χ4n) is 5.12. The zero-order valence-electron chi connectivity index (χ0n) is 14.0. The number of hydrogen-bond donors (Lipinski definition) is 2. The highest BCUT2D eigenvalue weighted by Gasteiger charge is 2.43. The van der Waals surface area contributed by atoms with Crippen molar-refractivity contribution in [1.82, 2.24) is 10.2 Å². The van der Waals surface area contributed by atoms with Crippen LogP contribution >= 0.6 is 0 Å². The fraction of sp³-hybridized carbons (Fsp3) is 0.700. The molecule has 5 atom stereocenters. The topological polar surface area (TPSA) is 35.5 Å². The van der Waals surface area contributed by atoms with E-state index in [1.807, 2.05) is 0 Å². The van der Waals surface area contributed by atoms with Gasteiger partial charge in [-0.05, 0) is 43.1 Å². The lowest BCUT2D eigenvalue weighted by Gasteiger charge is -2.33. The highest BCUT2D eigenvalue weighted by atomic mass is 16.3. The molecule has 23 heavy (non-hydrogen) atoms. The molecule has 2 saturated carbocycles. The maximum Gasteiger partial charge on any atom is 0.0693 e. The Kier molecular flexibility index (Phi) is 4.70. The van der Waals surface area contributed by atoms with Gasteiger partial charge in [0.2, 0.25) is 0 Å². The number of fused-ring (bicyclic) bond motifs is 1. The Morgan fingerprint density at radius 3 is 2.61 bits per heavy atom. The third-order valence-electron chi connectivity index (χ3n) is 6.34. The summed E-state index contributed by atoms with van der Waals surface area (Å²) < 4.78 is 0. The van der Waals surface area contributed by atoms with E-state index >= 15 is 0 Å². The molecule has 1 heterocycles. The molecule has 1 aromatic carbocycles. The maximum atomic E-state index is 10.2. The summed E-state index contributed by atoms with van der Waals surface area (Å²) in [7, 11) is 0. The first kappa shape index (κ1) is 15.6. The first-order valence-electron chi connectivity index (χ1n) is 9.50. The van der Waals surface area contributed by atoms with E-state index in [4.69, 9.17) is 0 Å². The Morgan fingerprint density at radius 1 is 0.957 bits per heavy atom. The molecule has 0 bridgehead atoms. The van der Waals surface area contributed by atoms with Gasteiger partial charge in [0.25, 0.3) is 0 Å². The highest BCUT2D eigenvalue weighted by molar-refractivity contribution is 5.15. The fourth-order valence-corrected chi connectivity index (χ4v) is 5.12. The van der Waals surface area contributed by atoms with Crippen LogP contribution in [-0.2, 0) is 6.54 Å². The number of rotatable bonds is 4. The smallest absolute Gasteiger partial charge is 0.0693 e. The number of aliphatic hydroxyl groups is 1. The predicted molar refractivity (Wildman–Crippen MR) is 93.1 cm³/mol. The largest absolute Gasteiger partial charge is 0.392 e. The summed E-state index contributed by atoms with van der Waals surface area (Å²) in [5.74, 6) is 1.64.